The number of hydrogen-bond acceptors (Lipinski definition) is 3. The Morgan fingerprint density at radius 1 is 1.33 bits per heavy atom. The first kappa shape index (κ1) is 13.3. The van der Waals surface area contributed by atoms with E-state index in [-0.39, 0.29) is 12.6 Å². The van der Waals surface area contributed by atoms with E-state index in [9.17, 15) is 5.11 Å². The molecule has 0 saturated heterocycles. The van der Waals surface area contributed by atoms with Crippen molar-refractivity contribution < 1.29 is 5.11 Å². The quantitative estimate of drug-likeness (QED) is 0.901. The van der Waals surface area contributed by atoms with Crippen LogP contribution in [-0.4, -0.2) is 16.7 Å². The van der Waals surface area contributed by atoms with E-state index in [0.717, 1.165) is 15.9 Å². The van der Waals surface area contributed by atoms with Crippen molar-refractivity contribution in [2.75, 3.05) is 11.9 Å². The molecule has 0 saturated carbocycles. The number of rotatable bonds is 4. The standard InChI is InChI=1S/C13H12BrClN2O/c14-9-4-5-12(16-7-9)13(8-18)17-11-3-1-2-10(15)6-11/h1-7,13,17-18H,8H2. The molecule has 2 rings (SSSR count). The van der Waals surface area contributed by atoms with Gasteiger partial charge in [0.15, 0.2) is 0 Å². The van der Waals surface area contributed by atoms with Gasteiger partial charge in [-0.15, -0.1) is 0 Å². The number of aromatic nitrogens is 1. The van der Waals surface area contributed by atoms with Crippen LogP contribution in [0, 0.1) is 0 Å². The number of nitrogens with one attached hydrogen (secondary N) is 1. The Balaban J connectivity index is 2.17. The van der Waals surface area contributed by atoms with Crippen LogP contribution < -0.4 is 5.32 Å². The van der Waals surface area contributed by atoms with Gasteiger partial charge in [0, 0.05) is 21.4 Å². The zero-order chi connectivity index (χ0) is 13.0. The van der Waals surface area contributed by atoms with Crippen molar-refractivity contribution in [3.63, 3.8) is 0 Å². The normalized spacial score (nSPS) is 12.2. The molecule has 94 valence electrons. The van der Waals surface area contributed by atoms with E-state index < -0.39 is 0 Å². The molecule has 0 spiro atoms. The lowest BCUT2D eigenvalue weighted by Gasteiger charge is -2.17. The van der Waals surface area contributed by atoms with E-state index in [1.807, 2.05) is 30.3 Å². The number of anilines is 1. The van der Waals surface area contributed by atoms with Gasteiger partial charge < -0.3 is 10.4 Å². The molecule has 1 heterocycles. The van der Waals surface area contributed by atoms with Crippen LogP contribution in [0.3, 0.4) is 0 Å². The maximum absolute atomic E-state index is 9.43. The van der Waals surface area contributed by atoms with Crippen LogP contribution in [0.15, 0.2) is 47.1 Å². The van der Waals surface area contributed by atoms with Gasteiger partial charge in [0.2, 0.25) is 0 Å². The lowest BCUT2D eigenvalue weighted by Crippen LogP contribution is -2.16. The molecule has 5 heteroatoms. The van der Waals surface area contributed by atoms with Gasteiger partial charge in [-0.3, -0.25) is 4.98 Å². The molecule has 2 aromatic rings. The molecular formula is C13H12BrClN2O. The molecular weight excluding hydrogens is 316 g/mol. The number of benzene rings is 1. The van der Waals surface area contributed by atoms with Crippen LogP contribution in [-0.2, 0) is 0 Å². The van der Waals surface area contributed by atoms with Crippen LogP contribution in [0.5, 0.6) is 0 Å². The first-order valence-corrected chi connectivity index (χ1v) is 6.60. The second kappa shape index (κ2) is 6.18. The topological polar surface area (TPSA) is 45.1 Å². The molecule has 0 aliphatic rings. The van der Waals surface area contributed by atoms with E-state index >= 15 is 0 Å². The molecule has 1 aromatic carbocycles. The third-order valence-electron chi connectivity index (χ3n) is 2.46. The number of nitrogens with zero attached hydrogens (tertiary/aromatic N) is 1. The monoisotopic (exact) mass is 326 g/mol. The zero-order valence-electron chi connectivity index (χ0n) is 9.48. The van der Waals surface area contributed by atoms with Gasteiger partial charge in [-0.05, 0) is 46.3 Å². The van der Waals surface area contributed by atoms with Gasteiger partial charge in [-0.1, -0.05) is 17.7 Å². The Labute approximate surface area is 119 Å². The Bertz CT molecular complexity index is 519. The third-order valence-corrected chi connectivity index (χ3v) is 3.16. The van der Waals surface area contributed by atoms with Gasteiger partial charge in [0.05, 0.1) is 18.3 Å². The minimum Gasteiger partial charge on any atom is -0.394 e. The summed E-state index contributed by atoms with van der Waals surface area (Å²) in [6, 6.07) is 10.9. The number of pyridine rings is 1. The molecule has 18 heavy (non-hydrogen) atoms. The van der Waals surface area contributed by atoms with Crippen molar-refractivity contribution in [2.24, 2.45) is 0 Å². The smallest absolute Gasteiger partial charge is 0.0917 e. The summed E-state index contributed by atoms with van der Waals surface area (Å²) >= 11 is 9.24. The summed E-state index contributed by atoms with van der Waals surface area (Å²) in [6.07, 6.45) is 1.71. The van der Waals surface area contributed by atoms with Crippen molar-refractivity contribution in [2.45, 2.75) is 6.04 Å². The molecule has 1 unspecified atom stereocenters. The second-order valence-corrected chi connectivity index (χ2v) is 5.14. The Hall–Kier alpha value is -1.10. The molecule has 0 aliphatic carbocycles. The molecule has 0 amide bonds. The fraction of sp³-hybridized carbons (Fsp3) is 0.154. The lowest BCUT2D eigenvalue weighted by atomic mass is 10.2. The summed E-state index contributed by atoms with van der Waals surface area (Å²) in [5.41, 5.74) is 1.63. The fourth-order valence-corrected chi connectivity index (χ4v) is 2.01. The molecule has 0 bridgehead atoms. The van der Waals surface area contributed by atoms with E-state index in [2.05, 4.69) is 26.2 Å². The van der Waals surface area contributed by atoms with Crippen molar-refractivity contribution in [1.82, 2.24) is 4.98 Å². The predicted molar refractivity (Wildman–Crippen MR) is 76.8 cm³/mol. The van der Waals surface area contributed by atoms with Crippen molar-refractivity contribution >= 4 is 33.2 Å². The number of aliphatic hydroxyl groups is 1. The minimum absolute atomic E-state index is 0.0405. The summed E-state index contributed by atoms with van der Waals surface area (Å²) in [6.45, 7) is -0.0405. The largest absolute Gasteiger partial charge is 0.394 e. The molecule has 3 nitrogen and oxygen atoms in total. The number of hydrogen-bond donors (Lipinski definition) is 2. The lowest BCUT2D eigenvalue weighted by molar-refractivity contribution is 0.274. The average Bonchev–Trinajstić information content (AvgIpc) is 2.37. The molecule has 0 fully saturated rings. The molecule has 0 aliphatic heterocycles. The summed E-state index contributed by atoms with van der Waals surface area (Å²) in [4.78, 5) is 4.27. The van der Waals surface area contributed by atoms with Crippen LogP contribution in [0.4, 0.5) is 5.69 Å². The summed E-state index contributed by atoms with van der Waals surface area (Å²) in [5.74, 6) is 0. The maximum atomic E-state index is 9.43. The van der Waals surface area contributed by atoms with E-state index in [0.29, 0.717) is 5.02 Å². The molecule has 1 atom stereocenters. The Kier molecular flexibility index (Phi) is 4.58. The van der Waals surface area contributed by atoms with Crippen molar-refractivity contribution in [1.29, 1.82) is 0 Å². The second-order valence-electron chi connectivity index (χ2n) is 3.79. The van der Waals surface area contributed by atoms with Crippen molar-refractivity contribution in [3.8, 4) is 0 Å². The highest BCUT2D eigenvalue weighted by Gasteiger charge is 2.11. The molecule has 2 N–H and O–H groups in total. The van der Waals surface area contributed by atoms with Crippen LogP contribution in [0.1, 0.15) is 11.7 Å². The van der Waals surface area contributed by atoms with Crippen molar-refractivity contribution in [3.05, 3.63) is 57.8 Å². The fourth-order valence-electron chi connectivity index (χ4n) is 1.59. The first-order valence-electron chi connectivity index (χ1n) is 5.43. The minimum atomic E-state index is -0.253. The van der Waals surface area contributed by atoms with Gasteiger partial charge >= 0.3 is 0 Å². The SMILES string of the molecule is OCC(Nc1cccc(Cl)c1)c1ccc(Br)cn1. The number of aliphatic hydroxyl groups excluding tert-OH is 1. The van der Waals surface area contributed by atoms with E-state index in [4.69, 9.17) is 11.6 Å². The van der Waals surface area contributed by atoms with E-state index in [1.165, 1.54) is 0 Å². The molecule has 1 aromatic heterocycles. The number of halogens is 2. The highest BCUT2D eigenvalue weighted by Crippen LogP contribution is 2.21. The third kappa shape index (κ3) is 3.45. The average molecular weight is 328 g/mol. The zero-order valence-corrected chi connectivity index (χ0v) is 11.8. The molecule has 0 radical (unpaired) electrons. The van der Waals surface area contributed by atoms with Crippen LogP contribution in [0.25, 0.3) is 0 Å². The van der Waals surface area contributed by atoms with Gasteiger partial charge in [0.25, 0.3) is 0 Å². The van der Waals surface area contributed by atoms with E-state index in [1.54, 1.807) is 12.3 Å². The summed E-state index contributed by atoms with van der Waals surface area (Å²) < 4.78 is 0.908. The van der Waals surface area contributed by atoms with Gasteiger partial charge in [-0.25, -0.2) is 0 Å². The summed E-state index contributed by atoms with van der Waals surface area (Å²) in [5, 5.41) is 13.3. The van der Waals surface area contributed by atoms with Gasteiger partial charge in [-0.2, -0.15) is 0 Å². The Morgan fingerprint density at radius 3 is 2.78 bits per heavy atom. The Morgan fingerprint density at radius 2 is 2.17 bits per heavy atom. The predicted octanol–water partition coefficient (Wildman–Crippen LogP) is 3.64. The van der Waals surface area contributed by atoms with Crippen LogP contribution >= 0.6 is 27.5 Å². The summed E-state index contributed by atoms with van der Waals surface area (Å²) in [7, 11) is 0. The highest BCUT2D eigenvalue weighted by atomic mass is 79.9. The highest BCUT2D eigenvalue weighted by molar-refractivity contribution is 9.10. The van der Waals surface area contributed by atoms with Gasteiger partial charge in [0.1, 0.15) is 0 Å². The first-order chi connectivity index (χ1) is 8.69. The maximum Gasteiger partial charge on any atom is 0.0917 e. The van der Waals surface area contributed by atoms with Crippen LogP contribution in [0.2, 0.25) is 5.02 Å².